The predicted molar refractivity (Wildman–Crippen MR) is 363 cm³/mol. The van der Waals surface area contributed by atoms with Gasteiger partial charge in [-0.05, 0) is 108 Å². The number of benzene rings is 2. The molecule has 0 bridgehead atoms. The number of hydrogen-bond acceptors (Lipinski definition) is 22. The number of phenolic OH excluding ortho intramolecular Hbond substituents is 2. The lowest BCUT2D eigenvalue weighted by atomic mass is 9.96. The van der Waals surface area contributed by atoms with E-state index >= 15 is 0 Å². The fourth-order valence-corrected chi connectivity index (χ4v) is 10.1. The maximum atomic E-state index is 14.1. The first-order chi connectivity index (χ1) is 48.4. The highest BCUT2D eigenvalue weighted by molar-refractivity contribution is 6.00. The number of rotatable bonds is 42. The molecule has 0 spiro atoms. The van der Waals surface area contributed by atoms with Gasteiger partial charge in [-0.3, -0.25) is 72.1 Å². The average molecular weight is 1460 g/mol. The van der Waals surface area contributed by atoms with Gasteiger partial charge in [0.2, 0.25) is 76.8 Å². The normalized spacial score (nSPS) is 16.6. The molecule has 1 heterocycles. The summed E-state index contributed by atoms with van der Waals surface area (Å²) >= 11 is 0. The Morgan fingerprint density at radius 2 is 1.00 bits per heavy atom. The van der Waals surface area contributed by atoms with Crippen molar-refractivity contribution in [2.75, 3.05) is 32.8 Å². The standard InChI is InChI=1S/C64H97N17O22/c1-8-30(2)49(60(99)76-43(63(102)103)26-37-15-19-39(86)20-16-37)78-61(100)50(34(6)83)79-57(96)41(21-22-48(89)90)74-56(95)40(11-9-23-68-64(66)67)73-47(88)28-69-55(94)44(29-82)77-58(97)42(25-36-13-17-38(85)18-14-36)75-54(93)33(5)72-53(92)32(4)71-46(87)27-70-59(98)45-12-10-24-81(45)62(101)51(35(7)84)80-52(91)31(3)65/h13-20,30-35,40-45,49-51,82-86H,8-12,21-29,65H2,1-7H3,(H,69,94)(H,70,98)(H,71,87)(H,72,92)(H,73,88)(H,74,95)(H,75,93)(H,76,99)(H,77,97)(H,78,100)(H,79,96)(H,80,91)(H,89,90)(H,102,103)(H4,66,67,68)/t30-,31-,32-,33-,34+,35+,40-,41-,42-,43-,44-,45-,49-,50-,51-/m0/s1. The van der Waals surface area contributed by atoms with Gasteiger partial charge in [-0.1, -0.05) is 44.5 Å². The number of carbonyl (C=O) groups is 15. The number of aromatic hydroxyl groups is 2. The van der Waals surface area contributed by atoms with Crippen LogP contribution >= 0.6 is 0 Å². The number of amides is 13. The molecule has 0 aliphatic carbocycles. The van der Waals surface area contributed by atoms with Gasteiger partial charge in [0.25, 0.3) is 0 Å². The van der Waals surface area contributed by atoms with Gasteiger partial charge in [0, 0.05) is 32.4 Å². The molecule has 1 aliphatic rings. The summed E-state index contributed by atoms with van der Waals surface area (Å²) < 4.78 is 0. The summed E-state index contributed by atoms with van der Waals surface area (Å²) in [5, 5.41) is 98.7. The van der Waals surface area contributed by atoms with Gasteiger partial charge in [0.15, 0.2) is 5.96 Å². The minimum Gasteiger partial charge on any atom is -0.508 e. The van der Waals surface area contributed by atoms with E-state index in [-0.39, 0.29) is 69.1 Å². The van der Waals surface area contributed by atoms with Crippen LogP contribution in [0.3, 0.4) is 0 Å². The molecular weight excluding hydrogens is 1360 g/mol. The van der Waals surface area contributed by atoms with Crippen molar-refractivity contribution in [3.05, 3.63) is 59.7 Å². The van der Waals surface area contributed by atoms with Crippen molar-refractivity contribution in [3.63, 3.8) is 0 Å². The first kappa shape index (κ1) is 86.4. The molecule has 13 amide bonds. The zero-order valence-corrected chi connectivity index (χ0v) is 58.1. The first-order valence-electron chi connectivity index (χ1n) is 33.0. The third-order valence-corrected chi connectivity index (χ3v) is 16.2. The minimum atomic E-state index is -1.90. The Morgan fingerprint density at radius 3 is 1.53 bits per heavy atom. The molecule has 39 heteroatoms. The van der Waals surface area contributed by atoms with Gasteiger partial charge in [0.05, 0.1) is 37.9 Å². The highest BCUT2D eigenvalue weighted by Crippen LogP contribution is 2.20. The van der Waals surface area contributed by atoms with Gasteiger partial charge >= 0.3 is 11.9 Å². The quantitative estimate of drug-likeness (QED) is 0.0167. The summed E-state index contributed by atoms with van der Waals surface area (Å²) in [6, 6.07) is -7.25. The number of carboxylic acids is 2. The van der Waals surface area contributed by atoms with Crippen LogP contribution in [-0.4, -0.2) is 253 Å². The van der Waals surface area contributed by atoms with E-state index in [1.807, 2.05) is 0 Å². The molecule has 0 unspecified atom stereocenters. The maximum absolute atomic E-state index is 14.1. The fourth-order valence-electron chi connectivity index (χ4n) is 10.1. The molecule has 1 fully saturated rings. The molecule has 0 aromatic heterocycles. The second-order valence-electron chi connectivity index (χ2n) is 24.8. The monoisotopic (exact) mass is 1460 g/mol. The topological polar surface area (TPSA) is 636 Å². The van der Waals surface area contributed by atoms with Crippen molar-refractivity contribution in [2.24, 2.45) is 28.1 Å². The van der Waals surface area contributed by atoms with Crippen molar-refractivity contribution in [1.29, 1.82) is 0 Å². The van der Waals surface area contributed by atoms with Gasteiger partial charge in [-0.2, -0.15) is 0 Å². The number of phenols is 2. The minimum absolute atomic E-state index is 0.0394. The van der Waals surface area contributed by atoms with E-state index in [2.05, 4.69) is 68.8 Å². The number of nitrogens with two attached hydrogens (primary N) is 3. The van der Waals surface area contributed by atoms with E-state index in [9.17, 15) is 108 Å². The van der Waals surface area contributed by atoms with E-state index < -0.39 is 212 Å². The third-order valence-electron chi connectivity index (χ3n) is 16.2. The molecule has 0 saturated carbocycles. The molecule has 1 saturated heterocycles. The average Bonchev–Trinajstić information content (AvgIpc) is 1.74. The van der Waals surface area contributed by atoms with Crippen LogP contribution in [0.25, 0.3) is 0 Å². The van der Waals surface area contributed by atoms with Crippen molar-refractivity contribution in [1.82, 2.24) is 68.7 Å². The van der Waals surface area contributed by atoms with Crippen LogP contribution < -0.4 is 81.0 Å². The Hall–Kier alpha value is -10.8. The lowest BCUT2D eigenvalue weighted by Crippen LogP contribution is -2.62. The maximum Gasteiger partial charge on any atom is 0.326 e. The Labute approximate surface area is 592 Å². The van der Waals surface area contributed by atoms with E-state index in [4.69, 9.17) is 17.2 Å². The zero-order chi connectivity index (χ0) is 77.5. The summed E-state index contributed by atoms with van der Waals surface area (Å²) in [4.78, 5) is 205. The second-order valence-corrected chi connectivity index (χ2v) is 24.8. The second kappa shape index (κ2) is 42.5. The Kier molecular flexibility index (Phi) is 35.6. The first-order valence-corrected chi connectivity index (χ1v) is 33.0. The number of likely N-dealkylation sites (tertiary alicyclic amines) is 1. The van der Waals surface area contributed by atoms with E-state index in [0.29, 0.717) is 17.5 Å². The molecule has 0 radical (unpaired) electrons. The van der Waals surface area contributed by atoms with Crippen molar-refractivity contribution in [3.8, 4) is 11.5 Å². The van der Waals surface area contributed by atoms with Crippen LogP contribution in [0.4, 0.5) is 0 Å². The molecule has 39 nitrogen and oxygen atoms in total. The molecule has 103 heavy (non-hydrogen) atoms. The number of aliphatic hydroxyl groups excluding tert-OH is 3. The van der Waals surface area contributed by atoms with Gasteiger partial charge in [0.1, 0.15) is 78.0 Å². The van der Waals surface area contributed by atoms with Crippen LogP contribution in [0.1, 0.15) is 105 Å². The highest BCUT2D eigenvalue weighted by atomic mass is 16.4. The number of hydrogen-bond donors (Lipinski definition) is 22. The molecule has 2 aromatic rings. The Morgan fingerprint density at radius 1 is 0.534 bits per heavy atom. The van der Waals surface area contributed by atoms with E-state index in [0.717, 1.165) is 11.8 Å². The Bertz CT molecular complexity index is 3340. The van der Waals surface area contributed by atoms with Crippen LogP contribution in [0.2, 0.25) is 0 Å². The van der Waals surface area contributed by atoms with E-state index in [1.54, 1.807) is 13.8 Å². The summed E-state index contributed by atoms with van der Waals surface area (Å²) in [7, 11) is 0. The summed E-state index contributed by atoms with van der Waals surface area (Å²) in [5.74, 6) is -17.0. The molecule has 2 aromatic carbocycles. The van der Waals surface area contributed by atoms with E-state index in [1.165, 1.54) is 76.2 Å². The highest BCUT2D eigenvalue weighted by Gasteiger charge is 2.41. The number of aliphatic carboxylic acids is 2. The van der Waals surface area contributed by atoms with Crippen LogP contribution in [-0.2, 0) is 84.8 Å². The van der Waals surface area contributed by atoms with Crippen LogP contribution in [0, 0.1) is 5.92 Å². The number of nitrogens with zero attached hydrogens (tertiary/aromatic N) is 2. The van der Waals surface area contributed by atoms with Gasteiger partial charge < -0.3 is 122 Å². The number of carbonyl (C=O) groups excluding carboxylic acids is 13. The third kappa shape index (κ3) is 29.4. The van der Waals surface area contributed by atoms with Gasteiger partial charge in [-0.15, -0.1) is 0 Å². The number of carboxylic acid groups (broad SMARTS) is 2. The Balaban J connectivity index is 1.73. The van der Waals surface area contributed by atoms with Crippen LogP contribution in [0.15, 0.2) is 53.5 Å². The molecule has 3 rings (SSSR count). The smallest absolute Gasteiger partial charge is 0.326 e. The molecular formula is C64H97N17O22. The number of aliphatic imine (C=N–C) groups is 1. The zero-order valence-electron chi connectivity index (χ0n) is 58.1. The predicted octanol–water partition coefficient (Wildman–Crippen LogP) is -7.86. The van der Waals surface area contributed by atoms with Gasteiger partial charge in [-0.25, -0.2) is 4.79 Å². The SMILES string of the molecule is CC[C@H](C)[C@H](NC(=O)[C@@H](NC(=O)[C@H](CCC(=O)O)NC(=O)[C@H](CCCN=C(N)N)NC(=O)CNC(=O)[C@H](CO)NC(=O)[C@H](Cc1ccc(O)cc1)NC(=O)[C@H](C)NC(=O)[C@H](C)NC(=O)CNC(=O)[C@@H]1CCCN1C(=O)[C@@H](NC(=O)[C@H](C)N)[C@@H](C)O)[C@@H](C)O)C(=O)N[C@@H](Cc1ccc(O)cc1)C(=O)O. The molecule has 15 atom stereocenters. The summed E-state index contributed by atoms with van der Waals surface area (Å²) in [6.45, 7) is 6.64. The van der Waals surface area contributed by atoms with Crippen LogP contribution in [0.5, 0.6) is 11.5 Å². The summed E-state index contributed by atoms with van der Waals surface area (Å²) in [6.07, 6.45) is -4.61. The lowest BCUT2D eigenvalue weighted by Gasteiger charge is -2.30. The fraction of sp³-hybridized carbons (Fsp3) is 0.562. The number of guanidine groups is 1. The lowest BCUT2D eigenvalue weighted by molar-refractivity contribution is -0.144. The largest absolute Gasteiger partial charge is 0.508 e. The molecule has 570 valence electrons. The summed E-state index contributed by atoms with van der Waals surface area (Å²) in [5.41, 5.74) is 17.3. The van der Waals surface area contributed by atoms with Crippen molar-refractivity contribution < 1.29 is 108 Å². The number of nitrogens with one attached hydrogen (secondary N) is 12. The van der Waals surface area contributed by atoms with Crippen molar-refractivity contribution in [2.45, 2.75) is 191 Å². The van der Waals surface area contributed by atoms with Crippen molar-refractivity contribution >= 4 is 94.7 Å². The molecule has 1 aliphatic heterocycles. The number of aliphatic hydroxyl groups is 3. The molecule has 25 N–H and O–H groups in total.